The fourth-order valence-electron chi connectivity index (χ4n) is 2.47. The average molecular weight is 317 g/mol. The minimum atomic E-state index is -0.499. The molecular weight excluding hydrogens is 290 g/mol. The minimum Gasteiger partial charge on any atom is -0.466 e. The second-order valence-electron chi connectivity index (χ2n) is 7.29. The number of carbonyl (C=O) groups is 1. The molecule has 0 saturated carbocycles. The van der Waals surface area contributed by atoms with Crippen molar-refractivity contribution >= 4 is 6.09 Å². The molecule has 2 rings (SSSR count). The van der Waals surface area contributed by atoms with Gasteiger partial charge in [-0.2, -0.15) is 0 Å². The van der Waals surface area contributed by atoms with E-state index in [9.17, 15) is 4.79 Å². The summed E-state index contributed by atoms with van der Waals surface area (Å²) in [5.41, 5.74) is 1.60. The van der Waals surface area contributed by atoms with Crippen LogP contribution in [-0.2, 0) is 17.6 Å². The van der Waals surface area contributed by atoms with Crippen LogP contribution in [0, 0.1) is 6.92 Å². The molecule has 0 N–H and O–H groups in total. The van der Waals surface area contributed by atoms with E-state index in [2.05, 4.69) is 19.9 Å². The van der Waals surface area contributed by atoms with Crippen LogP contribution >= 0.6 is 0 Å². The molecule has 23 heavy (non-hydrogen) atoms. The predicted octanol–water partition coefficient (Wildman–Crippen LogP) is 5.08. The van der Waals surface area contributed by atoms with E-state index in [1.54, 1.807) is 4.57 Å². The van der Waals surface area contributed by atoms with E-state index in [1.165, 1.54) is 0 Å². The zero-order chi connectivity index (χ0) is 17.2. The Bertz CT molecular complexity index is 671. The van der Waals surface area contributed by atoms with E-state index < -0.39 is 5.60 Å². The van der Waals surface area contributed by atoms with Crippen molar-refractivity contribution in [2.75, 3.05) is 0 Å². The number of aromatic nitrogens is 1. The van der Waals surface area contributed by atoms with Crippen LogP contribution in [0.4, 0.5) is 4.79 Å². The summed E-state index contributed by atoms with van der Waals surface area (Å²) in [6.45, 7) is 11.7. The highest BCUT2D eigenvalue weighted by atomic mass is 16.6. The van der Waals surface area contributed by atoms with Crippen molar-refractivity contribution in [3.05, 3.63) is 47.2 Å². The first-order valence-electron chi connectivity index (χ1n) is 8.15. The lowest BCUT2D eigenvalue weighted by molar-refractivity contribution is 0.0531. The van der Waals surface area contributed by atoms with Crippen LogP contribution in [0.2, 0.25) is 0 Å². The molecule has 0 saturated heterocycles. The second-order valence-corrected chi connectivity index (χ2v) is 7.29. The molecule has 2 aromatic heterocycles. The van der Waals surface area contributed by atoms with Gasteiger partial charge in [0.15, 0.2) is 0 Å². The molecule has 0 spiro atoms. The molecule has 4 nitrogen and oxygen atoms in total. The summed E-state index contributed by atoms with van der Waals surface area (Å²) in [5, 5.41) is 0. The molecule has 0 aliphatic rings. The first-order chi connectivity index (χ1) is 10.7. The van der Waals surface area contributed by atoms with Crippen molar-refractivity contribution in [1.29, 1.82) is 0 Å². The highest BCUT2D eigenvalue weighted by Crippen LogP contribution is 2.22. The lowest BCUT2D eigenvalue weighted by Gasteiger charge is -2.21. The summed E-state index contributed by atoms with van der Waals surface area (Å²) in [4.78, 5) is 12.4. The van der Waals surface area contributed by atoms with Crippen molar-refractivity contribution in [3.63, 3.8) is 0 Å². The molecule has 0 aromatic carbocycles. The third-order valence-electron chi connectivity index (χ3n) is 3.54. The van der Waals surface area contributed by atoms with Crippen molar-refractivity contribution in [1.82, 2.24) is 4.57 Å². The summed E-state index contributed by atoms with van der Waals surface area (Å²) in [5.74, 6) is 2.15. The number of carbonyl (C=O) groups excluding carboxylic acids is 1. The Morgan fingerprint density at radius 2 is 1.96 bits per heavy atom. The van der Waals surface area contributed by atoms with Gasteiger partial charge in [0.05, 0.1) is 0 Å². The molecule has 0 unspecified atom stereocenters. The summed E-state index contributed by atoms with van der Waals surface area (Å²) >= 11 is 0. The topological polar surface area (TPSA) is 44.4 Å². The van der Waals surface area contributed by atoms with Gasteiger partial charge in [0.2, 0.25) is 0 Å². The summed E-state index contributed by atoms with van der Waals surface area (Å²) in [6.07, 6.45) is 3.23. The molecule has 2 aromatic rings. The lowest BCUT2D eigenvalue weighted by Crippen LogP contribution is -2.27. The quantitative estimate of drug-likeness (QED) is 0.789. The summed E-state index contributed by atoms with van der Waals surface area (Å²) < 4.78 is 12.7. The monoisotopic (exact) mass is 317 g/mol. The van der Waals surface area contributed by atoms with Crippen molar-refractivity contribution in [2.45, 2.75) is 65.9 Å². The van der Waals surface area contributed by atoms with Crippen molar-refractivity contribution in [3.8, 4) is 0 Å². The smallest absolute Gasteiger partial charge is 0.418 e. The van der Waals surface area contributed by atoms with Gasteiger partial charge in [0, 0.05) is 18.3 Å². The number of furan rings is 1. The number of hydrogen-bond acceptors (Lipinski definition) is 3. The van der Waals surface area contributed by atoms with Gasteiger partial charge >= 0.3 is 6.09 Å². The molecule has 0 aliphatic heterocycles. The largest absolute Gasteiger partial charge is 0.466 e. The van der Waals surface area contributed by atoms with Crippen molar-refractivity contribution in [2.24, 2.45) is 0 Å². The molecule has 0 amide bonds. The van der Waals surface area contributed by atoms with Gasteiger partial charge in [-0.1, -0.05) is 13.8 Å². The van der Waals surface area contributed by atoms with E-state index in [-0.39, 0.29) is 12.0 Å². The lowest BCUT2D eigenvalue weighted by atomic mass is 10.1. The molecule has 4 heteroatoms. The first-order valence-corrected chi connectivity index (χ1v) is 8.15. The maximum Gasteiger partial charge on any atom is 0.418 e. The molecule has 0 fully saturated rings. The van der Waals surface area contributed by atoms with Gasteiger partial charge in [-0.25, -0.2) is 4.79 Å². The number of ether oxygens (including phenoxy) is 1. The number of aryl methyl sites for hydroxylation is 3. The van der Waals surface area contributed by atoms with Gasteiger partial charge in [0.25, 0.3) is 0 Å². The third-order valence-corrected chi connectivity index (χ3v) is 3.54. The van der Waals surface area contributed by atoms with E-state index in [1.807, 2.05) is 46.0 Å². The zero-order valence-corrected chi connectivity index (χ0v) is 15.0. The fourth-order valence-corrected chi connectivity index (χ4v) is 2.47. The normalized spacial score (nSPS) is 12.0. The van der Waals surface area contributed by atoms with Gasteiger partial charge in [-0.3, -0.25) is 4.57 Å². The molecule has 126 valence electrons. The Labute approximate surface area is 138 Å². The van der Waals surface area contributed by atoms with Crippen LogP contribution in [0.3, 0.4) is 0 Å². The van der Waals surface area contributed by atoms with E-state index >= 15 is 0 Å². The van der Waals surface area contributed by atoms with E-state index in [0.29, 0.717) is 0 Å². The second kappa shape index (κ2) is 6.65. The Hall–Kier alpha value is -1.97. The summed E-state index contributed by atoms with van der Waals surface area (Å²) in [7, 11) is 0. The van der Waals surface area contributed by atoms with Crippen LogP contribution in [0.5, 0.6) is 0 Å². The maximum absolute atomic E-state index is 12.4. The third kappa shape index (κ3) is 4.75. The molecule has 2 heterocycles. The van der Waals surface area contributed by atoms with E-state index in [4.69, 9.17) is 9.15 Å². The van der Waals surface area contributed by atoms with Gasteiger partial charge in [-0.15, -0.1) is 0 Å². The number of rotatable bonds is 4. The van der Waals surface area contributed by atoms with Crippen LogP contribution < -0.4 is 0 Å². The van der Waals surface area contributed by atoms with Crippen LogP contribution in [0.25, 0.3) is 0 Å². The summed E-state index contributed by atoms with van der Waals surface area (Å²) in [6, 6.07) is 6.06. The number of nitrogens with zero attached hydrogens (tertiary/aromatic N) is 1. The Kier molecular flexibility index (Phi) is 5.03. The molecule has 0 bridgehead atoms. The average Bonchev–Trinajstić information content (AvgIpc) is 3.00. The molecule has 0 atom stereocenters. The molecule has 0 radical (unpaired) electrons. The number of hydrogen-bond donors (Lipinski definition) is 0. The molecular formula is C19H27NO3. The standard InChI is InChI=1S/C19H27NO3/c1-13(2)17-11-15(8-10-16-9-7-14(3)22-16)12-20(17)18(21)23-19(4,5)6/h7,9,11-13H,8,10H2,1-6H3. The van der Waals surface area contributed by atoms with Crippen molar-refractivity contribution < 1.29 is 13.9 Å². The SMILES string of the molecule is Cc1ccc(CCc2cc(C(C)C)n(C(=O)OC(C)(C)C)c2)o1. The Balaban J connectivity index is 2.15. The highest BCUT2D eigenvalue weighted by Gasteiger charge is 2.21. The minimum absolute atomic E-state index is 0.252. The van der Waals surface area contributed by atoms with Gasteiger partial charge in [0.1, 0.15) is 17.1 Å². The molecule has 0 aliphatic carbocycles. The van der Waals surface area contributed by atoms with E-state index in [0.717, 1.165) is 35.6 Å². The zero-order valence-electron chi connectivity index (χ0n) is 15.0. The predicted molar refractivity (Wildman–Crippen MR) is 91.0 cm³/mol. The van der Waals surface area contributed by atoms with Crippen LogP contribution in [0.15, 0.2) is 28.8 Å². The van der Waals surface area contributed by atoms with Gasteiger partial charge < -0.3 is 9.15 Å². The Morgan fingerprint density at radius 1 is 1.26 bits per heavy atom. The first kappa shape index (κ1) is 17.4. The maximum atomic E-state index is 12.4. The highest BCUT2D eigenvalue weighted by molar-refractivity contribution is 5.72. The fraction of sp³-hybridized carbons (Fsp3) is 0.526. The van der Waals surface area contributed by atoms with Crippen LogP contribution in [0.1, 0.15) is 63.3 Å². The van der Waals surface area contributed by atoms with Gasteiger partial charge in [-0.05, 0) is 63.8 Å². The van der Waals surface area contributed by atoms with Crippen LogP contribution in [-0.4, -0.2) is 16.3 Å². The Morgan fingerprint density at radius 3 is 2.48 bits per heavy atom.